The van der Waals surface area contributed by atoms with Gasteiger partial charge in [-0.05, 0) is 62.6 Å². The number of carbonyl (C=O) groups excluding carboxylic acids is 3. The molecule has 0 radical (unpaired) electrons. The first-order valence-corrected chi connectivity index (χ1v) is 16.9. The SMILES string of the molecule is CCOC(CN(C(=O)C(Cc1ccc(Br)cc1)NC(=O)C(CNS(=O)(=O)c1cc(Cl)ccc1OC)OC(N)=O)C1CC1)OCC. The van der Waals surface area contributed by atoms with Gasteiger partial charge in [-0.2, -0.15) is 0 Å². The van der Waals surface area contributed by atoms with Crippen molar-refractivity contribution in [3.63, 3.8) is 0 Å². The van der Waals surface area contributed by atoms with E-state index in [2.05, 4.69) is 26.0 Å². The monoisotopic (exact) mass is 732 g/mol. The van der Waals surface area contributed by atoms with Gasteiger partial charge < -0.3 is 34.9 Å². The number of rotatable bonds is 18. The van der Waals surface area contributed by atoms with Crippen molar-refractivity contribution < 1.29 is 41.7 Å². The van der Waals surface area contributed by atoms with Gasteiger partial charge in [0.05, 0.1) is 20.2 Å². The fourth-order valence-electron chi connectivity index (χ4n) is 4.46. The zero-order valence-electron chi connectivity index (χ0n) is 25.2. The van der Waals surface area contributed by atoms with Crippen LogP contribution in [0.15, 0.2) is 51.8 Å². The van der Waals surface area contributed by atoms with Gasteiger partial charge in [0.25, 0.3) is 5.91 Å². The largest absolute Gasteiger partial charge is 0.495 e. The molecule has 0 aliphatic heterocycles. The maximum atomic E-state index is 14.0. The molecule has 2 aromatic carbocycles. The van der Waals surface area contributed by atoms with Crippen molar-refractivity contribution in [2.75, 3.05) is 33.4 Å². The molecule has 0 heterocycles. The number of nitrogens with zero attached hydrogens (tertiary/aromatic N) is 1. The van der Waals surface area contributed by atoms with Crippen LogP contribution in [0.5, 0.6) is 5.75 Å². The van der Waals surface area contributed by atoms with Gasteiger partial charge in [-0.15, -0.1) is 0 Å². The molecule has 2 aromatic rings. The van der Waals surface area contributed by atoms with E-state index in [0.717, 1.165) is 22.9 Å². The van der Waals surface area contributed by atoms with E-state index in [1.54, 1.807) is 29.2 Å². The summed E-state index contributed by atoms with van der Waals surface area (Å²) in [4.78, 5) is 40.7. The summed E-state index contributed by atoms with van der Waals surface area (Å²) in [6, 6.07) is 10.00. The topological polar surface area (TPSA) is 176 Å². The van der Waals surface area contributed by atoms with Gasteiger partial charge >= 0.3 is 6.09 Å². The summed E-state index contributed by atoms with van der Waals surface area (Å²) < 4.78 is 50.8. The Morgan fingerprint density at radius 3 is 2.29 bits per heavy atom. The molecule has 2 unspecified atom stereocenters. The van der Waals surface area contributed by atoms with Crippen molar-refractivity contribution in [3.05, 3.63) is 57.5 Å². The third kappa shape index (κ3) is 11.1. The molecule has 3 rings (SSSR count). The zero-order chi connectivity index (χ0) is 33.1. The van der Waals surface area contributed by atoms with Gasteiger partial charge in [-0.3, -0.25) is 9.59 Å². The van der Waals surface area contributed by atoms with Crippen LogP contribution in [0.4, 0.5) is 4.79 Å². The minimum absolute atomic E-state index is 0.00135. The fraction of sp³-hybridized carbons (Fsp3) is 0.483. The number of ether oxygens (including phenoxy) is 4. The predicted molar refractivity (Wildman–Crippen MR) is 169 cm³/mol. The lowest BCUT2D eigenvalue weighted by atomic mass is 10.0. The van der Waals surface area contributed by atoms with E-state index in [-0.39, 0.29) is 34.7 Å². The van der Waals surface area contributed by atoms with Gasteiger partial charge in [-0.1, -0.05) is 39.7 Å². The summed E-state index contributed by atoms with van der Waals surface area (Å²) in [5, 5.41) is 2.79. The molecule has 45 heavy (non-hydrogen) atoms. The first-order chi connectivity index (χ1) is 21.4. The number of halogens is 2. The van der Waals surface area contributed by atoms with Crippen LogP contribution in [0, 0.1) is 0 Å². The maximum absolute atomic E-state index is 14.0. The molecular weight excluding hydrogens is 696 g/mol. The predicted octanol–water partition coefficient (Wildman–Crippen LogP) is 2.97. The van der Waals surface area contributed by atoms with Gasteiger partial charge in [0.2, 0.25) is 15.9 Å². The van der Waals surface area contributed by atoms with Crippen molar-refractivity contribution >= 4 is 55.5 Å². The molecule has 248 valence electrons. The van der Waals surface area contributed by atoms with Gasteiger partial charge in [0, 0.05) is 35.2 Å². The Balaban J connectivity index is 1.87. The third-order valence-electron chi connectivity index (χ3n) is 6.71. The highest BCUT2D eigenvalue weighted by Gasteiger charge is 2.39. The van der Waals surface area contributed by atoms with Crippen LogP contribution in [-0.2, 0) is 40.2 Å². The Labute approximate surface area is 276 Å². The molecule has 3 amide bonds. The number of nitrogens with two attached hydrogens (primary N) is 1. The number of carbonyl (C=O) groups is 3. The molecule has 1 aliphatic rings. The quantitative estimate of drug-likeness (QED) is 0.195. The van der Waals surface area contributed by atoms with Crippen LogP contribution >= 0.6 is 27.5 Å². The standard InChI is InChI=1S/C29H38BrClN4O9S/c1-4-42-26(43-5-2)17-35(21-11-12-21)28(37)22(14-18-6-8-19(30)9-7-18)34-27(36)24(44-29(32)38)16-33-45(39,40)25-15-20(31)10-13-23(25)41-3/h6-10,13,15,21-22,24,26,33H,4-5,11-12,14,16-17H2,1-3H3,(H2,32,38)(H,34,36). The molecule has 0 bridgehead atoms. The van der Waals surface area contributed by atoms with Crippen molar-refractivity contribution in [3.8, 4) is 5.75 Å². The second-order valence-corrected chi connectivity index (χ2v) is 13.1. The summed E-state index contributed by atoms with van der Waals surface area (Å²) in [7, 11) is -3.02. The van der Waals surface area contributed by atoms with Crippen LogP contribution in [0.3, 0.4) is 0 Å². The summed E-state index contributed by atoms with van der Waals surface area (Å²) >= 11 is 9.38. The van der Waals surface area contributed by atoms with Crippen LogP contribution in [0.25, 0.3) is 0 Å². The number of benzene rings is 2. The summed E-state index contributed by atoms with van der Waals surface area (Å²) in [5.74, 6) is -1.34. The van der Waals surface area contributed by atoms with Gasteiger partial charge in [-0.25, -0.2) is 17.9 Å². The second kappa shape index (κ2) is 17.1. The normalized spacial score (nSPS) is 14.4. The molecule has 2 atom stereocenters. The highest BCUT2D eigenvalue weighted by molar-refractivity contribution is 9.10. The van der Waals surface area contributed by atoms with Crippen LogP contribution in [-0.4, -0.2) is 89.1 Å². The number of hydrogen-bond acceptors (Lipinski definition) is 9. The summed E-state index contributed by atoms with van der Waals surface area (Å²) in [6.07, 6.45) is -2.07. The van der Waals surface area contributed by atoms with Crippen LogP contribution in [0.2, 0.25) is 5.02 Å². The number of primary amides is 1. The van der Waals surface area contributed by atoms with E-state index in [0.29, 0.717) is 13.2 Å². The van der Waals surface area contributed by atoms with E-state index < -0.39 is 52.9 Å². The lowest BCUT2D eigenvalue weighted by Gasteiger charge is -2.31. The number of nitrogens with one attached hydrogen (secondary N) is 2. The molecule has 0 spiro atoms. The number of sulfonamides is 1. The molecule has 16 heteroatoms. The Morgan fingerprint density at radius 2 is 1.73 bits per heavy atom. The lowest BCUT2D eigenvalue weighted by Crippen LogP contribution is -2.56. The smallest absolute Gasteiger partial charge is 0.405 e. The van der Waals surface area contributed by atoms with Crippen molar-refractivity contribution in [1.82, 2.24) is 14.9 Å². The Kier molecular flexibility index (Phi) is 13.9. The first kappa shape index (κ1) is 36.5. The van der Waals surface area contributed by atoms with Gasteiger partial charge in [0.1, 0.15) is 16.7 Å². The molecule has 1 saturated carbocycles. The van der Waals surface area contributed by atoms with E-state index >= 15 is 0 Å². The molecule has 1 fully saturated rings. The highest BCUT2D eigenvalue weighted by atomic mass is 79.9. The summed E-state index contributed by atoms with van der Waals surface area (Å²) in [6.45, 7) is 3.83. The minimum Gasteiger partial charge on any atom is -0.495 e. The first-order valence-electron chi connectivity index (χ1n) is 14.3. The highest BCUT2D eigenvalue weighted by Crippen LogP contribution is 2.29. The number of methoxy groups -OCH3 is 1. The van der Waals surface area contributed by atoms with Crippen LogP contribution < -0.4 is 20.5 Å². The number of hydrogen-bond donors (Lipinski definition) is 3. The summed E-state index contributed by atoms with van der Waals surface area (Å²) in [5.41, 5.74) is 5.96. The van der Waals surface area contributed by atoms with E-state index in [1.165, 1.54) is 25.3 Å². The average Bonchev–Trinajstić information content (AvgIpc) is 3.84. The molecular formula is C29H38BrClN4O9S. The maximum Gasteiger partial charge on any atom is 0.405 e. The van der Waals surface area contributed by atoms with Crippen LogP contribution in [0.1, 0.15) is 32.3 Å². The third-order valence-corrected chi connectivity index (χ3v) is 8.92. The zero-order valence-corrected chi connectivity index (χ0v) is 28.3. The Bertz CT molecular complexity index is 1420. The molecule has 1 aliphatic carbocycles. The average molecular weight is 734 g/mol. The minimum atomic E-state index is -4.31. The molecule has 0 saturated heterocycles. The number of amides is 3. The van der Waals surface area contributed by atoms with E-state index in [9.17, 15) is 22.8 Å². The Morgan fingerprint density at radius 1 is 1.09 bits per heavy atom. The molecule has 4 N–H and O–H groups in total. The van der Waals surface area contributed by atoms with Crippen molar-refractivity contribution in [2.24, 2.45) is 5.73 Å². The van der Waals surface area contributed by atoms with Crippen molar-refractivity contribution in [1.29, 1.82) is 0 Å². The van der Waals surface area contributed by atoms with Gasteiger partial charge in [0.15, 0.2) is 12.4 Å². The van der Waals surface area contributed by atoms with Crippen molar-refractivity contribution in [2.45, 2.75) is 62.5 Å². The lowest BCUT2D eigenvalue weighted by molar-refractivity contribution is -0.161. The van der Waals surface area contributed by atoms with E-state index in [4.69, 9.17) is 36.3 Å². The Hall–Kier alpha value is -2.95. The molecule has 0 aromatic heterocycles. The fourth-order valence-corrected chi connectivity index (χ4v) is 6.19. The second-order valence-electron chi connectivity index (χ2n) is 10.0. The van der Waals surface area contributed by atoms with E-state index in [1.807, 2.05) is 13.8 Å². The molecule has 13 nitrogen and oxygen atoms in total.